The Bertz CT molecular complexity index is 951. The lowest BCUT2D eigenvalue weighted by Crippen LogP contribution is -2.48. The van der Waals surface area contributed by atoms with Crippen LogP contribution in [0.15, 0.2) is 42.5 Å². The standard InChI is InChI=1S/C21H20BrFN2O3/c1-24(21(27)28)18-10-17-15-5-3-2-4-12(15)8-13-6-7-14(23)9-16(13)20(17)25(18)19(26)11-22/h2-7,9,17-18,20H,8,10-11H2,1H3,(H,27,28)/t17-,18-,20-/m1/s1. The van der Waals surface area contributed by atoms with Gasteiger partial charge in [0.1, 0.15) is 12.0 Å². The van der Waals surface area contributed by atoms with E-state index in [1.165, 1.54) is 24.1 Å². The van der Waals surface area contributed by atoms with Gasteiger partial charge in [-0.3, -0.25) is 9.69 Å². The Morgan fingerprint density at radius 3 is 2.64 bits per heavy atom. The van der Waals surface area contributed by atoms with Crippen LogP contribution in [0, 0.1) is 5.82 Å². The molecule has 0 saturated carbocycles. The fourth-order valence-corrected chi connectivity index (χ4v) is 4.93. The lowest BCUT2D eigenvalue weighted by Gasteiger charge is -2.35. The van der Waals surface area contributed by atoms with Gasteiger partial charge >= 0.3 is 6.09 Å². The van der Waals surface area contributed by atoms with Crippen molar-refractivity contribution in [3.05, 3.63) is 70.5 Å². The lowest BCUT2D eigenvalue weighted by molar-refractivity contribution is -0.134. The predicted octanol–water partition coefficient (Wildman–Crippen LogP) is 4.12. The zero-order valence-electron chi connectivity index (χ0n) is 15.3. The highest BCUT2D eigenvalue weighted by molar-refractivity contribution is 9.09. The van der Waals surface area contributed by atoms with E-state index in [4.69, 9.17) is 0 Å². The van der Waals surface area contributed by atoms with Gasteiger partial charge in [0.25, 0.3) is 0 Å². The van der Waals surface area contributed by atoms with Crippen molar-refractivity contribution < 1.29 is 19.1 Å². The number of benzene rings is 2. The molecule has 1 saturated heterocycles. The van der Waals surface area contributed by atoms with Gasteiger partial charge < -0.3 is 10.0 Å². The van der Waals surface area contributed by atoms with Crippen LogP contribution in [0.4, 0.5) is 9.18 Å². The molecule has 28 heavy (non-hydrogen) atoms. The maximum absolute atomic E-state index is 14.2. The maximum Gasteiger partial charge on any atom is 0.408 e. The quantitative estimate of drug-likeness (QED) is 0.705. The first-order valence-corrected chi connectivity index (χ1v) is 10.2. The molecule has 5 nitrogen and oxygen atoms in total. The zero-order valence-corrected chi connectivity index (χ0v) is 16.9. The van der Waals surface area contributed by atoms with E-state index in [2.05, 4.69) is 22.0 Å². The SMILES string of the molecule is CN(C(=O)O)[C@H]1C[C@@H]2c3ccccc3Cc3ccc(F)cc3[C@H]2N1C(=O)CBr. The minimum atomic E-state index is -1.10. The Morgan fingerprint density at radius 2 is 1.93 bits per heavy atom. The van der Waals surface area contributed by atoms with Crippen molar-refractivity contribution in [3.8, 4) is 0 Å². The van der Waals surface area contributed by atoms with Gasteiger partial charge in [-0.1, -0.05) is 46.3 Å². The van der Waals surface area contributed by atoms with Crippen LogP contribution in [0.2, 0.25) is 0 Å². The number of rotatable bonds is 2. The fraction of sp³-hybridized carbons (Fsp3) is 0.333. The third kappa shape index (κ3) is 2.98. The van der Waals surface area contributed by atoms with Crippen molar-refractivity contribution in [3.63, 3.8) is 0 Å². The molecule has 1 heterocycles. The fourth-order valence-electron chi connectivity index (χ4n) is 4.64. The smallest absolute Gasteiger partial charge is 0.408 e. The van der Waals surface area contributed by atoms with Gasteiger partial charge in [-0.2, -0.15) is 0 Å². The van der Waals surface area contributed by atoms with E-state index in [1.54, 1.807) is 11.0 Å². The number of nitrogens with zero attached hydrogens (tertiary/aromatic N) is 2. The summed E-state index contributed by atoms with van der Waals surface area (Å²) in [5.74, 6) is -0.668. The Balaban J connectivity index is 1.94. The first kappa shape index (κ1) is 18.9. The summed E-state index contributed by atoms with van der Waals surface area (Å²) in [6, 6.07) is 12.3. The van der Waals surface area contributed by atoms with Gasteiger partial charge in [-0.05, 0) is 47.2 Å². The van der Waals surface area contributed by atoms with Gasteiger partial charge in [-0.25, -0.2) is 9.18 Å². The summed E-state index contributed by atoms with van der Waals surface area (Å²) in [4.78, 5) is 27.4. The summed E-state index contributed by atoms with van der Waals surface area (Å²) in [5, 5.41) is 9.63. The highest BCUT2D eigenvalue weighted by Gasteiger charge is 2.49. The monoisotopic (exact) mass is 446 g/mol. The van der Waals surface area contributed by atoms with Crippen LogP contribution in [-0.2, 0) is 11.2 Å². The Labute approximate surface area is 170 Å². The second-order valence-electron chi connectivity index (χ2n) is 7.31. The van der Waals surface area contributed by atoms with Crippen molar-refractivity contribution in [2.24, 2.45) is 0 Å². The number of alkyl halides is 1. The van der Waals surface area contributed by atoms with Crippen LogP contribution in [0.25, 0.3) is 0 Å². The maximum atomic E-state index is 14.2. The first-order valence-electron chi connectivity index (χ1n) is 9.11. The van der Waals surface area contributed by atoms with Crippen molar-refractivity contribution in [1.82, 2.24) is 9.80 Å². The van der Waals surface area contributed by atoms with E-state index >= 15 is 0 Å². The molecule has 2 aromatic rings. The number of likely N-dealkylation sites (tertiary alicyclic amines) is 1. The second-order valence-corrected chi connectivity index (χ2v) is 7.88. The highest BCUT2D eigenvalue weighted by Crippen LogP contribution is 2.51. The van der Waals surface area contributed by atoms with E-state index in [1.807, 2.05) is 18.2 Å². The van der Waals surface area contributed by atoms with E-state index in [-0.39, 0.29) is 23.0 Å². The molecule has 1 aliphatic heterocycles. The summed E-state index contributed by atoms with van der Waals surface area (Å²) in [7, 11) is 1.48. The van der Waals surface area contributed by atoms with Gasteiger partial charge in [0.15, 0.2) is 0 Å². The van der Waals surface area contributed by atoms with Gasteiger partial charge in [0.05, 0.1) is 11.4 Å². The number of halogens is 2. The normalized spacial score (nSPS) is 22.7. The van der Waals surface area contributed by atoms with Crippen LogP contribution in [0.1, 0.15) is 40.6 Å². The van der Waals surface area contributed by atoms with Crippen LogP contribution in [-0.4, -0.2) is 45.5 Å². The number of hydrogen-bond donors (Lipinski definition) is 1. The Morgan fingerprint density at radius 1 is 1.21 bits per heavy atom. The number of carboxylic acid groups (broad SMARTS) is 1. The van der Waals surface area contributed by atoms with Crippen molar-refractivity contribution in [2.45, 2.75) is 31.0 Å². The molecule has 2 amide bonds. The number of carbonyl (C=O) groups is 2. The molecule has 7 heteroatoms. The van der Waals surface area contributed by atoms with Crippen LogP contribution in [0.5, 0.6) is 0 Å². The van der Waals surface area contributed by atoms with E-state index < -0.39 is 18.3 Å². The summed E-state index contributed by atoms with van der Waals surface area (Å²) in [6.07, 6.45) is -0.574. The molecule has 2 aliphatic rings. The van der Waals surface area contributed by atoms with E-state index in [0.717, 1.165) is 22.3 Å². The van der Waals surface area contributed by atoms with Crippen molar-refractivity contribution >= 4 is 27.9 Å². The lowest BCUT2D eigenvalue weighted by atomic mass is 9.87. The van der Waals surface area contributed by atoms with E-state index in [0.29, 0.717) is 12.8 Å². The summed E-state index contributed by atoms with van der Waals surface area (Å²) in [6.45, 7) is 0. The molecule has 1 aliphatic carbocycles. The zero-order chi connectivity index (χ0) is 20.0. The molecular weight excluding hydrogens is 427 g/mol. The number of amides is 2. The largest absolute Gasteiger partial charge is 0.465 e. The third-order valence-corrected chi connectivity index (χ3v) is 6.36. The summed E-state index contributed by atoms with van der Waals surface area (Å²) < 4.78 is 14.2. The van der Waals surface area contributed by atoms with Gasteiger partial charge in [-0.15, -0.1) is 0 Å². The summed E-state index contributed by atoms with van der Waals surface area (Å²) >= 11 is 3.23. The Kier molecular flexibility index (Phi) is 4.87. The van der Waals surface area contributed by atoms with Crippen molar-refractivity contribution in [2.75, 3.05) is 12.4 Å². The topological polar surface area (TPSA) is 60.9 Å². The molecule has 1 fully saturated rings. The molecule has 1 N–H and O–H groups in total. The minimum Gasteiger partial charge on any atom is -0.465 e. The first-order chi connectivity index (χ1) is 13.4. The molecule has 3 atom stereocenters. The van der Waals surface area contributed by atoms with Gasteiger partial charge in [0.2, 0.25) is 5.91 Å². The number of carbonyl (C=O) groups excluding carboxylic acids is 1. The molecule has 4 rings (SSSR count). The third-order valence-electron chi connectivity index (χ3n) is 5.88. The molecule has 0 radical (unpaired) electrons. The average Bonchev–Trinajstić information content (AvgIpc) is 3.02. The van der Waals surface area contributed by atoms with E-state index in [9.17, 15) is 19.1 Å². The minimum absolute atomic E-state index is 0.0759. The highest BCUT2D eigenvalue weighted by atomic mass is 79.9. The molecule has 0 bridgehead atoms. The molecule has 146 valence electrons. The molecule has 0 unspecified atom stereocenters. The van der Waals surface area contributed by atoms with Crippen LogP contribution >= 0.6 is 15.9 Å². The Hall–Kier alpha value is -2.41. The average molecular weight is 447 g/mol. The van der Waals surface area contributed by atoms with Gasteiger partial charge in [0, 0.05) is 13.0 Å². The van der Waals surface area contributed by atoms with Crippen molar-refractivity contribution in [1.29, 1.82) is 0 Å². The predicted molar refractivity (Wildman–Crippen MR) is 106 cm³/mol. The van der Waals surface area contributed by atoms with Crippen LogP contribution in [0.3, 0.4) is 0 Å². The summed E-state index contributed by atoms with van der Waals surface area (Å²) in [5.41, 5.74) is 3.95. The second kappa shape index (κ2) is 7.20. The molecular formula is C21H20BrFN2O3. The van der Waals surface area contributed by atoms with Crippen LogP contribution < -0.4 is 0 Å². The number of hydrogen-bond acceptors (Lipinski definition) is 2. The number of fused-ring (bicyclic) bond motifs is 5. The molecule has 0 aromatic heterocycles. The molecule has 2 aromatic carbocycles. The molecule has 0 spiro atoms.